The van der Waals surface area contributed by atoms with E-state index in [-0.39, 0.29) is 0 Å². The fraction of sp³-hybridized carbons (Fsp3) is 0.385. The molecule has 0 aromatic heterocycles. The monoisotopic (exact) mass is 498 g/mol. The molecule has 0 aliphatic heterocycles. The van der Waals surface area contributed by atoms with Gasteiger partial charge in [0.2, 0.25) is 0 Å². The second kappa shape index (κ2) is 14.4. The number of rotatable bonds is 10. The van der Waals surface area contributed by atoms with E-state index in [1.54, 1.807) is 16.9 Å². The highest BCUT2D eigenvalue weighted by Crippen LogP contribution is 2.09. The first-order chi connectivity index (χ1) is 16.4. The smallest absolute Gasteiger partial charge is 0.250 e. The predicted octanol–water partition coefficient (Wildman–Crippen LogP) is 4.64. The van der Waals surface area contributed by atoms with Gasteiger partial charge in [-0.15, -0.1) is 0 Å². The lowest BCUT2D eigenvalue weighted by Crippen LogP contribution is -2.53. The minimum Gasteiger partial charge on any atom is -0.274 e. The van der Waals surface area contributed by atoms with Crippen molar-refractivity contribution < 1.29 is 9.59 Å². The first-order valence-corrected chi connectivity index (χ1v) is 12.6. The minimum absolute atomic E-state index is 0.423. The number of benzene rings is 2. The van der Waals surface area contributed by atoms with E-state index < -0.39 is 17.7 Å². The van der Waals surface area contributed by atoms with Crippen molar-refractivity contribution in [1.29, 1.82) is 0 Å². The van der Waals surface area contributed by atoms with E-state index in [4.69, 9.17) is 24.4 Å². The molecule has 0 radical (unpaired) electrons. The zero-order chi connectivity index (χ0) is 24.9. The molecule has 8 heteroatoms. The van der Waals surface area contributed by atoms with Crippen LogP contribution in [0.15, 0.2) is 60.7 Å². The molecule has 2 aromatic rings. The van der Waals surface area contributed by atoms with E-state index in [0.717, 1.165) is 36.8 Å². The van der Waals surface area contributed by atoms with Crippen LogP contribution in [0.2, 0.25) is 0 Å². The lowest BCUT2D eigenvalue weighted by atomic mass is 10.1. The molecule has 0 unspecified atom stereocenters. The van der Waals surface area contributed by atoms with Gasteiger partial charge in [-0.2, -0.15) is 0 Å². The standard InChI is InChI=1S/C26H34N4O2S2/c1-4-6-18-29(25(33)21-14-10-8-11-15-21)27-23(31)20(3)24(32)28-30(19-7-5-2)26(34)22-16-12-9-13-17-22/h8-17,20H,4-7,18-19H2,1-3H3,(H,27,31)(H,28,32). The number of nitrogens with one attached hydrogen (secondary N) is 2. The number of carbonyl (C=O) groups excluding carboxylic acids is 2. The third-order valence-corrected chi connectivity index (χ3v) is 6.19. The fourth-order valence-electron chi connectivity index (χ4n) is 3.10. The summed E-state index contributed by atoms with van der Waals surface area (Å²) < 4.78 is 0. The number of hydrogen-bond acceptors (Lipinski definition) is 4. The number of carbonyl (C=O) groups is 2. The van der Waals surface area contributed by atoms with E-state index in [0.29, 0.717) is 23.1 Å². The second-order valence-electron chi connectivity index (χ2n) is 8.03. The molecule has 2 aromatic carbocycles. The molecule has 6 nitrogen and oxygen atoms in total. The lowest BCUT2D eigenvalue weighted by Gasteiger charge is -2.29. The van der Waals surface area contributed by atoms with Crippen molar-refractivity contribution in [3.8, 4) is 0 Å². The molecule has 34 heavy (non-hydrogen) atoms. The van der Waals surface area contributed by atoms with Crippen LogP contribution in [-0.4, -0.2) is 44.9 Å². The lowest BCUT2D eigenvalue weighted by molar-refractivity contribution is -0.138. The Hall–Kier alpha value is -2.84. The predicted molar refractivity (Wildman–Crippen MR) is 145 cm³/mol. The molecular formula is C26H34N4O2S2. The minimum atomic E-state index is -0.939. The van der Waals surface area contributed by atoms with Crippen molar-refractivity contribution >= 4 is 46.2 Å². The Balaban J connectivity index is 2.08. The maximum Gasteiger partial charge on any atom is 0.250 e. The molecule has 2 N–H and O–H groups in total. The third-order valence-electron chi connectivity index (χ3n) is 5.28. The van der Waals surface area contributed by atoms with Crippen LogP contribution < -0.4 is 10.9 Å². The highest BCUT2D eigenvalue weighted by Gasteiger charge is 2.26. The van der Waals surface area contributed by atoms with Crippen molar-refractivity contribution in [3.05, 3.63) is 71.8 Å². The molecule has 2 amide bonds. The van der Waals surface area contributed by atoms with Crippen LogP contribution in [0.4, 0.5) is 0 Å². The summed E-state index contributed by atoms with van der Waals surface area (Å²) in [5.74, 6) is -1.79. The molecular weight excluding hydrogens is 464 g/mol. The summed E-state index contributed by atoms with van der Waals surface area (Å²) in [5.41, 5.74) is 7.37. The number of amides is 2. The zero-order valence-corrected chi connectivity index (χ0v) is 21.8. The fourth-order valence-corrected chi connectivity index (χ4v) is 3.65. The van der Waals surface area contributed by atoms with Crippen molar-refractivity contribution in [3.63, 3.8) is 0 Å². The Bertz CT molecular complexity index is 876. The van der Waals surface area contributed by atoms with E-state index in [1.807, 2.05) is 60.7 Å². The number of unbranched alkanes of at least 4 members (excludes halogenated alkanes) is 2. The quantitative estimate of drug-likeness (QED) is 0.283. The van der Waals surface area contributed by atoms with E-state index in [1.165, 1.54) is 0 Å². The van der Waals surface area contributed by atoms with E-state index in [9.17, 15) is 9.59 Å². The van der Waals surface area contributed by atoms with Gasteiger partial charge in [-0.25, -0.2) is 0 Å². The summed E-state index contributed by atoms with van der Waals surface area (Å²) in [6.07, 6.45) is 3.60. The van der Waals surface area contributed by atoms with Gasteiger partial charge in [0.15, 0.2) is 0 Å². The van der Waals surface area contributed by atoms with Crippen LogP contribution >= 0.6 is 24.4 Å². The Morgan fingerprint density at radius 2 is 1.09 bits per heavy atom. The molecule has 2 rings (SSSR count). The number of hydrogen-bond donors (Lipinski definition) is 2. The molecule has 0 atom stereocenters. The number of hydrazine groups is 2. The summed E-state index contributed by atoms with van der Waals surface area (Å²) in [6, 6.07) is 19.0. The van der Waals surface area contributed by atoms with Gasteiger partial charge in [0.05, 0.1) is 0 Å². The van der Waals surface area contributed by atoms with Crippen molar-refractivity contribution in [1.82, 2.24) is 20.9 Å². The summed E-state index contributed by atoms with van der Waals surface area (Å²) >= 11 is 11.2. The normalized spacial score (nSPS) is 10.5. The van der Waals surface area contributed by atoms with Gasteiger partial charge >= 0.3 is 0 Å². The zero-order valence-electron chi connectivity index (χ0n) is 20.1. The van der Waals surface area contributed by atoms with Crippen molar-refractivity contribution in [2.45, 2.75) is 46.5 Å². The molecule has 0 spiro atoms. The van der Waals surface area contributed by atoms with E-state index >= 15 is 0 Å². The van der Waals surface area contributed by atoms with Gasteiger partial charge in [0.1, 0.15) is 15.9 Å². The van der Waals surface area contributed by atoms with E-state index in [2.05, 4.69) is 24.7 Å². The van der Waals surface area contributed by atoms with Crippen LogP contribution in [-0.2, 0) is 9.59 Å². The van der Waals surface area contributed by atoms with Gasteiger partial charge in [-0.05, 0) is 19.8 Å². The Kier molecular flexibility index (Phi) is 11.6. The maximum atomic E-state index is 13.0. The number of nitrogens with zero attached hydrogens (tertiary/aromatic N) is 2. The summed E-state index contributed by atoms with van der Waals surface area (Å²) in [7, 11) is 0. The summed E-state index contributed by atoms with van der Waals surface area (Å²) in [6.45, 7) is 6.85. The molecule has 0 aliphatic carbocycles. The highest BCUT2D eigenvalue weighted by atomic mass is 32.1. The molecule has 0 bridgehead atoms. The van der Waals surface area contributed by atoms with Crippen LogP contribution in [0.5, 0.6) is 0 Å². The van der Waals surface area contributed by atoms with Crippen molar-refractivity contribution in [2.75, 3.05) is 13.1 Å². The average molecular weight is 499 g/mol. The third kappa shape index (κ3) is 8.18. The molecule has 0 heterocycles. The molecule has 0 fully saturated rings. The Morgan fingerprint density at radius 1 is 0.735 bits per heavy atom. The number of thiocarbonyl (C=S) groups is 2. The first kappa shape index (κ1) is 27.4. The molecule has 0 aliphatic rings. The topological polar surface area (TPSA) is 64.7 Å². The summed E-state index contributed by atoms with van der Waals surface area (Å²) in [5, 5.41) is 3.31. The second-order valence-corrected chi connectivity index (χ2v) is 8.80. The van der Waals surface area contributed by atoms with Crippen LogP contribution in [0.1, 0.15) is 57.6 Å². The van der Waals surface area contributed by atoms with Gasteiger partial charge in [-0.3, -0.25) is 30.5 Å². The average Bonchev–Trinajstić information content (AvgIpc) is 2.88. The van der Waals surface area contributed by atoms with Crippen LogP contribution in [0, 0.1) is 5.92 Å². The molecule has 0 saturated carbocycles. The highest BCUT2D eigenvalue weighted by molar-refractivity contribution is 7.80. The van der Waals surface area contributed by atoms with Crippen molar-refractivity contribution in [2.24, 2.45) is 5.92 Å². The molecule has 182 valence electrons. The largest absolute Gasteiger partial charge is 0.274 e. The molecule has 0 saturated heterocycles. The first-order valence-electron chi connectivity index (χ1n) is 11.7. The van der Waals surface area contributed by atoms with Gasteiger partial charge in [0, 0.05) is 24.2 Å². The van der Waals surface area contributed by atoms with Gasteiger partial charge < -0.3 is 0 Å². The van der Waals surface area contributed by atoms with Gasteiger partial charge in [-0.1, -0.05) is 112 Å². The summed E-state index contributed by atoms with van der Waals surface area (Å²) in [4.78, 5) is 27.0. The van der Waals surface area contributed by atoms with Gasteiger partial charge in [0.25, 0.3) is 11.8 Å². The maximum absolute atomic E-state index is 13.0. The Morgan fingerprint density at radius 3 is 1.41 bits per heavy atom. The Labute approximate surface area is 213 Å². The van der Waals surface area contributed by atoms with Crippen LogP contribution in [0.25, 0.3) is 0 Å². The van der Waals surface area contributed by atoms with Crippen LogP contribution in [0.3, 0.4) is 0 Å². The SMILES string of the molecule is CCCCN(NC(=O)C(C)C(=O)NN(CCCC)C(=S)c1ccccc1)C(=S)c1ccccc1.